The Morgan fingerprint density at radius 3 is 2.53 bits per heavy atom. The van der Waals surface area contributed by atoms with Crippen molar-refractivity contribution >= 4 is 5.97 Å². The van der Waals surface area contributed by atoms with Crippen molar-refractivity contribution < 1.29 is 19.4 Å². The Labute approximate surface area is 101 Å². The molecule has 4 heteroatoms. The molecule has 0 aliphatic carbocycles. The van der Waals surface area contributed by atoms with Crippen LogP contribution in [0.25, 0.3) is 0 Å². The Balaban J connectivity index is 2.96. The lowest BCUT2D eigenvalue weighted by molar-refractivity contribution is -0.147. The minimum absolute atomic E-state index is 0.0295. The van der Waals surface area contributed by atoms with E-state index in [0.29, 0.717) is 5.75 Å². The third kappa shape index (κ3) is 3.46. The quantitative estimate of drug-likeness (QED) is 0.853. The van der Waals surface area contributed by atoms with Crippen LogP contribution in [-0.4, -0.2) is 30.9 Å². The topological polar surface area (TPSA) is 55.8 Å². The number of hydrogen-bond acceptors (Lipinski definition) is 3. The summed E-state index contributed by atoms with van der Waals surface area (Å²) in [5, 5.41) is 8.99. The molecule has 0 fully saturated rings. The van der Waals surface area contributed by atoms with E-state index in [2.05, 4.69) is 0 Å². The number of hydrogen-bond donors (Lipinski definition) is 1. The maximum Gasteiger partial charge on any atom is 0.347 e. The van der Waals surface area contributed by atoms with Gasteiger partial charge in [-0.2, -0.15) is 0 Å². The van der Waals surface area contributed by atoms with E-state index in [1.165, 1.54) is 7.11 Å². The fourth-order valence-electron chi connectivity index (χ4n) is 1.58. The molecular formula is C13H18O4. The van der Waals surface area contributed by atoms with E-state index in [1.54, 1.807) is 0 Å². The first-order valence-corrected chi connectivity index (χ1v) is 5.42. The summed E-state index contributed by atoms with van der Waals surface area (Å²) in [6, 6.07) is 3.88. The first kappa shape index (κ1) is 13.5. The molecule has 17 heavy (non-hydrogen) atoms. The molecule has 1 unspecified atom stereocenters. The van der Waals surface area contributed by atoms with E-state index < -0.39 is 12.1 Å². The van der Waals surface area contributed by atoms with Gasteiger partial charge in [0.2, 0.25) is 6.10 Å². The van der Waals surface area contributed by atoms with Crippen LogP contribution in [0.1, 0.15) is 16.7 Å². The molecule has 1 N–H and O–H groups in total. The summed E-state index contributed by atoms with van der Waals surface area (Å²) in [6.45, 7) is 5.87. The normalized spacial score (nSPS) is 12.2. The first-order valence-electron chi connectivity index (χ1n) is 5.42. The van der Waals surface area contributed by atoms with Crippen molar-refractivity contribution in [1.82, 2.24) is 0 Å². The van der Waals surface area contributed by atoms with Crippen LogP contribution in [0.4, 0.5) is 0 Å². The number of methoxy groups -OCH3 is 1. The Kier molecular flexibility index (Phi) is 4.52. The summed E-state index contributed by atoms with van der Waals surface area (Å²) in [7, 11) is 1.45. The van der Waals surface area contributed by atoms with Crippen LogP contribution in [0.2, 0.25) is 0 Å². The van der Waals surface area contributed by atoms with Gasteiger partial charge in [0.1, 0.15) is 5.75 Å². The number of benzene rings is 1. The van der Waals surface area contributed by atoms with E-state index in [-0.39, 0.29) is 6.61 Å². The Morgan fingerprint density at radius 1 is 1.35 bits per heavy atom. The predicted molar refractivity (Wildman–Crippen MR) is 64.6 cm³/mol. The molecule has 0 aliphatic heterocycles. The number of aliphatic carboxylic acids is 1. The van der Waals surface area contributed by atoms with Gasteiger partial charge in [-0.3, -0.25) is 0 Å². The molecule has 0 radical (unpaired) electrons. The van der Waals surface area contributed by atoms with Crippen molar-refractivity contribution in [3.8, 4) is 5.75 Å². The smallest absolute Gasteiger partial charge is 0.347 e. The number of ether oxygens (including phenoxy) is 2. The van der Waals surface area contributed by atoms with Crippen LogP contribution in [0.3, 0.4) is 0 Å². The van der Waals surface area contributed by atoms with E-state index in [4.69, 9.17) is 14.6 Å². The zero-order valence-corrected chi connectivity index (χ0v) is 10.6. The number of carboxylic acids is 1. The highest BCUT2D eigenvalue weighted by atomic mass is 16.5. The van der Waals surface area contributed by atoms with Crippen molar-refractivity contribution in [2.24, 2.45) is 0 Å². The fraction of sp³-hybridized carbons (Fsp3) is 0.462. The first-order chi connectivity index (χ1) is 7.95. The summed E-state index contributed by atoms with van der Waals surface area (Å²) in [4.78, 5) is 11.0. The van der Waals surface area contributed by atoms with Gasteiger partial charge in [-0.25, -0.2) is 4.79 Å². The second kappa shape index (κ2) is 5.68. The largest absolute Gasteiger partial charge is 0.478 e. The summed E-state index contributed by atoms with van der Waals surface area (Å²) < 4.78 is 10.3. The van der Waals surface area contributed by atoms with Crippen LogP contribution in [0.15, 0.2) is 12.1 Å². The van der Waals surface area contributed by atoms with Gasteiger partial charge in [0, 0.05) is 7.11 Å². The van der Waals surface area contributed by atoms with Gasteiger partial charge in [-0.15, -0.1) is 0 Å². The molecule has 1 atom stereocenters. The molecular weight excluding hydrogens is 220 g/mol. The molecule has 0 amide bonds. The van der Waals surface area contributed by atoms with Crippen molar-refractivity contribution in [2.75, 3.05) is 13.7 Å². The SMILES string of the molecule is COCC(Oc1cc(C)cc(C)c1C)C(=O)O. The lowest BCUT2D eigenvalue weighted by Crippen LogP contribution is -2.31. The summed E-state index contributed by atoms with van der Waals surface area (Å²) in [6.07, 6.45) is -0.972. The Morgan fingerprint density at radius 2 is 2.00 bits per heavy atom. The van der Waals surface area contributed by atoms with Gasteiger partial charge < -0.3 is 14.6 Å². The molecule has 0 spiro atoms. The summed E-state index contributed by atoms with van der Waals surface area (Å²) >= 11 is 0. The molecule has 4 nitrogen and oxygen atoms in total. The molecule has 1 aromatic carbocycles. The van der Waals surface area contributed by atoms with Crippen molar-refractivity contribution in [2.45, 2.75) is 26.9 Å². The maximum atomic E-state index is 11.0. The highest BCUT2D eigenvalue weighted by molar-refractivity contribution is 5.73. The van der Waals surface area contributed by atoms with Crippen LogP contribution >= 0.6 is 0 Å². The average molecular weight is 238 g/mol. The molecule has 1 aromatic rings. The summed E-state index contributed by atoms with van der Waals surface area (Å²) in [5.74, 6) is -0.419. The molecule has 1 rings (SSSR count). The van der Waals surface area contributed by atoms with Crippen molar-refractivity contribution in [3.63, 3.8) is 0 Å². The van der Waals surface area contributed by atoms with Gasteiger partial charge in [-0.1, -0.05) is 6.07 Å². The molecule has 0 aromatic heterocycles. The standard InChI is InChI=1S/C13H18O4/c1-8-5-9(2)10(3)11(6-8)17-12(7-16-4)13(14)15/h5-6,12H,7H2,1-4H3,(H,14,15). The van der Waals surface area contributed by atoms with E-state index >= 15 is 0 Å². The molecule has 0 bridgehead atoms. The van der Waals surface area contributed by atoms with Gasteiger partial charge in [0.05, 0.1) is 6.61 Å². The van der Waals surface area contributed by atoms with Crippen LogP contribution < -0.4 is 4.74 Å². The van der Waals surface area contributed by atoms with Crippen LogP contribution in [-0.2, 0) is 9.53 Å². The molecule has 0 aliphatic rings. The Hall–Kier alpha value is -1.55. The second-order valence-electron chi connectivity index (χ2n) is 4.11. The monoisotopic (exact) mass is 238 g/mol. The Bertz CT molecular complexity index is 412. The lowest BCUT2D eigenvalue weighted by atomic mass is 10.1. The second-order valence-corrected chi connectivity index (χ2v) is 4.11. The molecule has 0 saturated carbocycles. The average Bonchev–Trinajstić information content (AvgIpc) is 2.24. The minimum Gasteiger partial charge on any atom is -0.478 e. The lowest BCUT2D eigenvalue weighted by Gasteiger charge is -2.17. The minimum atomic E-state index is -1.02. The van der Waals surface area contributed by atoms with Gasteiger partial charge in [-0.05, 0) is 43.5 Å². The number of carbonyl (C=O) groups is 1. The highest BCUT2D eigenvalue weighted by Crippen LogP contribution is 2.24. The van der Waals surface area contributed by atoms with E-state index in [1.807, 2.05) is 32.9 Å². The zero-order chi connectivity index (χ0) is 13.0. The third-order valence-corrected chi connectivity index (χ3v) is 2.63. The van der Waals surface area contributed by atoms with Gasteiger partial charge >= 0.3 is 5.97 Å². The fourth-order valence-corrected chi connectivity index (χ4v) is 1.58. The molecule has 0 heterocycles. The molecule has 0 saturated heterocycles. The van der Waals surface area contributed by atoms with Crippen LogP contribution in [0, 0.1) is 20.8 Å². The maximum absolute atomic E-state index is 11.0. The summed E-state index contributed by atoms with van der Waals surface area (Å²) in [5.41, 5.74) is 3.09. The van der Waals surface area contributed by atoms with Gasteiger partial charge in [0.25, 0.3) is 0 Å². The third-order valence-electron chi connectivity index (χ3n) is 2.63. The number of rotatable bonds is 5. The highest BCUT2D eigenvalue weighted by Gasteiger charge is 2.20. The zero-order valence-electron chi connectivity index (χ0n) is 10.6. The van der Waals surface area contributed by atoms with Crippen molar-refractivity contribution in [1.29, 1.82) is 0 Å². The van der Waals surface area contributed by atoms with Crippen molar-refractivity contribution in [3.05, 3.63) is 28.8 Å². The van der Waals surface area contributed by atoms with E-state index in [9.17, 15) is 4.79 Å². The van der Waals surface area contributed by atoms with Gasteiger partial charge in [0.15, 0.2) is 0 Å². The predicted octanol–water partition coefficient (Wildman–Crippen LogP) is 2.09. The number of aryl methyl sites for hydroxylation is 2. The molecule has 94 valence electrons. The number of carboxylic acid groups (broad SMARTS) is 1. The van der Waals surface area contributed by atoms with E-state index in [0.717, 1.165) is 16.7 Å². The van der Waals surface area contributed by atoms with Crippen LogP contribution in [0.5, 0.6) is 5.75 Å².